The standard InChI is InChI=1S/C25H44O8S4/c1-21(26)34-13-5-9-30-17-25(18-31-10-6-14-35-22(2)27,19-32-11-7-15-36-23(3)28)20-33-12-8-16-37-24(4)29/h5-20H2,1-4H3. The van der Waals surface area contributed by atoms with Gasteiger partial charge in [0.2, 0.25) is 0 Å². The molecular formula is C25H44O8S4. The van der Waals surface area contributed by atoms with Crippen LogP contribution in [-0.4, -0.2) is 96.3 Å². The van der Waals surface area contributed by atoms with Gasteiger partial charge in [0.15, 0.2) is 20.5 Å². The smallest absolute Gasteiger partial charge is 0.185 e. The van der Waals surface area contributed by atoms with Crippen LogP contribution in [0.3, 0.4) is 0 Å². The maximum Gasteiger partial charge on any atom is 0.185 e. The van der Waals surface area contributed by atoms with Gasteiger partial charge in [-0.3, -0.25) is 19.2 Å². The molecule has 0 unspecified atom stereocenters. The molecule has 0 aliphatic carbocycles. The van der Waals surface area contributed by atoms with Crippen molar-refractivity contribution in [2.45, 2.75) is 53.4 Å². The van der Waals surface area contributed by atoms with Gasteiger partial charge in [-0.15, -0.1) is 0 Å². The fraction of sp³-hybridized carbons (Fsp3) is 0.840. The number of ether oxygens (including phenoxy) is 4. The summed E-state index contributed by atoms with van der Waals surface area (Å²) in [6, 6.07) is 0. The molecule has 216 valence electrons. The lowest BCUT2D eigenvalue weighted by molar-refractivity contribution is -0.109. The summed E-state index contributed by atoms with van der Waals surface area (Å²) in [5.74, 6) is 2.84. The van der Waals surface area contributed by atoms with Crippen LogP contribution >= 0.6 is 47.0 Å². The number of hydrogen-bond acceptors (Lipinski definition) is 12. The van der Waals surface area contributed by atoms with Crippen molar-refractivity contribution in [2.75, 3.05) is 75.9 Å². The molecule has 0 aliphatic heterocycles. The molecule has 0 aliphatic rings. The van der Waals surface area contributed by atoms with Crippen LogP contribution in [0.25, 0.3) is 0 Å². The van der Waals surface area contributed by atoms with Crippen LogP contribution in [0, 0.1) is 5.41 Å². The molecule has 0 atom stereocenters. The zero-order valence-electron chi connectivity index (χ0n) is 22.7. The molecule has 0 heterocycles. The second-order valence-corrected chi connectivity index (χ2v) is 13.6. The maximum atomic E-state index is 11.1. The van der Waals surface area contributed by atoms with E-state index in [0.717, 1.165) is 25.7 Å². The predicted molar refractivity (Wildman–Crippen MR) is 157 cm³/mol. The van der Waals surface area contributed by atoms with Gasteiger partial charge in [0, 0.05) is 77.1 Å². The third-order valence-electron chi connectivity index (χ3n) is 4.59. The molecule has 0 bridgehead atoms. The Morgan fingerprint density at radius 3 is 0.865 bits per heavy atom. The lowest BCUT2D eigenvalue weighted by Crippen LogP contribution is -2.42. The van der Waals surface area contributed by atoms with E-state index in [1.54, 1.807) is 27.7 Å². The first-order valence-electron chi connectivity index (χ1n) is 12.5. The third-order valence-corrected chi connectivity index (χ3v) is 8.18. The minimum absolute atomic E-state index is 0.0957. The molecule has 0 saturated heterocycles. The van der Waals surface area contributed by atoms with E-state index in [2.05, 4.69) is 0 Å². The van der Waals surface area contributed by atoms with Crippen molar-refractivity contribution in [3.63, 3.8) is 0 Å². The summed E-state index contributed by atoms with van der Waals surface area (Å²) >= 11 is 5.15. The number of carbonyl (C=O) groups is 4. The average molecular weight is 601 g/mol. The van der Waals surface area contributed by atoms with E-state index in [-0.39, 0.29) is 20.5 Å². The Morgan fingerprint density at radius 2 is 0.676 bits per heavy atom. The van der Waals surface area contributed by atoms with Crippen molar-refractivity contribution in [1.82, 2.24) is 0 Å². The van der Waals surface area contributed by atoms with Crippen molar-refractivity contribution in [3.8, 4) is 0 Å². The second-order valence-electron chi connectivity index (χ2n) is 8.48. The first kappa shape index (κ1) is 36.9. The third kappa shape index (κ3) is 25.9. The summed E-state index contributed by atoms with van der Waals surface area (Å²) in [5.41, 5.74) is -0.525. The van der Waals surface area contributed by atoms with Crippen LogP contribution in [0.5, 0.6) is 0 Å². The molecule has 8 nitrogen and oxygen atoms in total. The van der Waals surface area contributed by atoms with E-state index >= 15 is 0 Å². The van der Waals surface area contributed by atoms with Gasteiger partial charge in [-0.25, -0.2) is 0 Å². The lowest BCUT2D eigenvalue weighted by atomic mass is 9.92. The Hall–Kier alpha value is -0.0800. The molecule has 0 saturated carbocycles. The van der Waals surface area contributed by atoms with Crippen molar-refractivity contribution < 1.29 is 38.1 Å². The van der Waals surface area contributed by atoms with Crippen LogP contribution in [0.2, 0.25) is 0 Å². The summed E-state index contributed by atoms with van der Waals surface area (Å²) < 4.78 is 24.0. The van der Waals surface area contributed by atoms with E-state index in [9.17, 15) is 19.2 Å². The van der Waals surface area contributed by atoms with E-state index < -0.39 is 5.41 Å². The van der Waals surface area contributed by atoms with Crippen molar-refractivity contribution in [1.29, 1.82) is 0 Å². The summed E-state index contributed by atoms with van der Waals surface area (Å²) in [7, 11) is 0. The zero-order chi connectivity index (χ0) is 27.8. The molecular weight excluding hydrogens is 557 g/mol. The quantitative estimate of drug-likeness (QED) is 0.143. The first-order valence-corrected chi connectivity index (χ1v) is 16.5. The molecule has 0 rings (SSSR count). The van der Waals surface area contributed by atoms with Crippen LogP contribution in [0.1, 0.15) is 53.4 Å². The molecule has 0 spiro atoms. The van der Waals surface area contributed by atoms with Crippen LogP contribution in [0.15, 0.2) is 0 Å². The molecule has 0 fully saturated rings. The van der Waals surface area contributed by atoms with Crippen LogP contribution < -0.4 is 0 Å². The molecule has 0 aromatic heterocycles. The SMILES string of the molecule is CC(=O)SCCCOCC(COCCCSC(C)=O)(COCCCSC(C)=O)COCCCSC(C)=O. The number of carbonyl (C=O) groups excluding carboxylic acids is 4. The topological polar surface area (TPSA) is 105 Å². The minimum atomic E-state index is -0.525. The Bertz CT molecular complexity index is 539. The van der Waals surface area contributed by atoms with E-state index in [1.165, 1.54) is 47.0 Å². The monoisotopic (exact) mass is 600 g/mol. The number of hydrogen-bond donors (Lipinski definition) is 0. The second kappa shape index (κ2) is 24.9. The summed E-state index contributed by atoms with van der Waals surface area (Å²) in [5, 5.41) is 0.383. The summed E-state index contributed by atoms with van der Waals surface area (Å²) in [4.78, 5) is 44.6. The fourth-order valence-corrected chi connectivity index (χ4v) is 5.11. The molecule has 0 radical (unpaired) electrons. The van der Waals surface area contributed by atoms with Crippen molar-refractivity contribution in [3.05, 3.63) is 0 Å². The maximum absolute atomic E-state index is 11.1. The molecule has 0 aromatic carbocycles. The first-order chi connectivity index (χ1) is 17.7. The highest BCUT2D eigenvalue weighted by Gasteiger charge is 2.32. The van der Waals surface area contributed by atoms with Crippen molar-refractivity contribution >= 4 is 67.5 Å². The Labute approximate surface area is 239 Å². The van der Waals surface area contributed by atoms with Gasteiger partial charge in [-0.2, -0.15) is 0 Å². The van der Waals surface area contributed by atoms with Gasteiger partial charge in [-0.05, 0) is 25.7 Å². The van der Waals surface area contributed by atoms with E-state index in [0.29, 0.717) is 75.9 Å². The fourth-order valence-electron chi connectivity index (χ4n) is 2.91. The Morgan fingerprint density at radius 1 is 0.459 bits per heavy atom. The van der Waals surface area contributed by atoms with Gasteiger partial charge in [0.05, 0.1) is 31.8 Å². The highest BCUT2D eigenvalue weighted by molar-refractivity contribution is 8.14. The normalized spacial score (nSPS) is 11.6. The van der Waals surface area contributed by atoms with Gasteiger partial charge >= 0.3 is 0 Å². The zero-order valence-corrected chi connectivity index (χ0v) is 26.0. The highest BCUT2D eigenvalue weighted by atomic mass is 32.2. The number of thioether (sulfide) groups is 4. The van der Waals surface area contributed by atoms with Gasteiger partial charge in [0.1, 0.15) is 0 Å². The molecule has 0 N–H and O–H groups in total. The van der Waals surface area contributed by atoms with Crippen LogP contribution in [0.4, 0.5) is 0 Å². The summed E-state index contributed by atoms with van der Waals surface area (Å²) in [6.45, 7) is 9.81. The average Bonchev–Trinajstić information content (AvgIpc) is 2.82. The predicted octanol–water partition coefficient (Wildman–Crippen LogP) is 4.72. The molecule has 37 heavy (non-hydrogen) atoms. The van der Waals surface area contributed by atoms with Gasteiger partial charge < -0.3 is 18.9 Å². The molecule has 12 heteroatoms. The number of rotatable bonds is 24. The Balaban J connectivity index is 4.94. The highest BCUT2D eigenvalue weighted by Crippen LogP contribution is 2.22. The lowest BCUT2D eigenvalue weighted by Gasteiger charge is -2.33. The minimum Gasteiger partial charge on any atom is -0.381 e. The van der Waals surface area contributed by atoms with Crippen LogP contribution in [-0.2, 0) is 38.1 Å². The molecule has 0 amide bonds. The van der Waals surface area contributed by atoms with Crippen molar-refractivity contribution in [2.24, 2.45) is 5.41 Å². The Kier molecular flexibility index (Phi) is 24.9. The van der Waals surface area contributed by atoms with Gasteiger partial charge in [0.25, 0.3) is 0 Å². The molecule has 0 aromatic rings. The largest absolute Gasteiger partial charge is 0.381 e. The van der Waals surface area contributed by atoms with Gasteiger partial charge in [-0.1, -0.05) is 47.0 Å². The van der Waals surface area contributed by atoms with E-state index in [4.69, 9.17) is 18.9 Å². The van der Waals surface area contributed by atoms with E-state index in [1.807, 2.05) is 0 Å². The summed E-state index contributed by atoms with van der Waals surface area (Å²) in [6.07, 6.45) is 3.04.